The molecule has 0 bridgehead atoms. The smallest absolute Gasteiger partial charge is 0.270 e. The minimum absolute atomic E-state index is 0.139. The number of fused-ring (bicyclic) bond motifs is 1. The lowest BCUT2D eigenvalue weighted by molar-refractivity contribution is -0.385. The number of furan rings is 1. The van der Waals surface area contributed by atoms with E-state index in [4.69, 9.17) is 4.42 Å². The molecule has 136 valence electrons. The Bertz CT molecular complexity index is 1020. The van der Waals surface area contributed by atoms with Crippen molar-refractivity contribution < 1.29 is 19.2 Å². The number of benzene rings is 2. The van der Waals surface area contributed by atoms with Crippen molar-refractivity contribution in [3.05, 3.63) is 87.9 Å². The summed E-state index contributed by atoms with van der Waals surface area (Å²) < 4.78 is 5.36. The minimum atomic E-state index is -0.794. The first-order chi connectivity index (χ1) is 13.0. The number of amides is 1. The number of carbonyl (C=O) groups excluding carboxylic acids is 1. The molecule has 1 atom stereocenters. The number of rotatable bonds is 4. The van der Waals surface area contributed by atoms with Crippen molar-refractivity contribution in [1.29, 1.82) is 0 Å². The van der Waals surface area contributed by atoms with Crippen LogP contribution in [0.15, 0.2) is 65.3 Å². The molecule has 0 fully saturated rings. The number of nitrogens with zero attached hydrogens (tertiary/aromatic N) is 2. The van der Waals surface area contributed by atoms with Gasteiger partial charge in [-0.15, -0.1) is 0 Å². The van der Waals surface area contributed by atoms with E-state index in [2.05, 4.69) is 5.32 Å². The highest BCUT2D eigenvalue weighted by atomic mass is 16.6. The average molecular weight is 365 g/mol. The summed E-state index contributed by atoms with van der Waals surface area (Å²) in [7, 11) is 0. The molecule has 4 rings (SSSR count). The lowest BCUT2D eigenvalue weighted by Gasteiger charge is -2.37. The van der Waals surface area contributed by atoms with Gasteiger partial charge in [-0.1, -0.05) is 12.1 Å². The number of anilines is 1. The fourth-order valence-electron chi connectivity index (χ4n) is 3.15. The molecule has 1 aliphatic rings. The highest BCUT2D eigenvalue weighted by molar-refractivity contribution is 6.01. The van der Waals surface area contributed by atoms with Gasteiger partial charge in [0.25, 0.3) is 11.6 Å². The van der Waals surface area contributed by atoms with Crippen LogP contribution in [0.1, 0.15) is 27.8 Å². The molecule has 3 aromatic rings. The van der Waals surface area contributed by atoms with Gasteiger partial charge >= 0.3 is 0 Å². The van der Waals surface area contributed by atoms with Crippen LogP contribution in [0.25, 0.3) is 0 Å². The number of nitro benzene ring substituents is 1. The van der Waals surface area contributed by atoms with E-state index < -0.39 is 11.1 Å². The monoisotopic (exact) mass is 365 g/mol. The van der Waals surface area contributed by atoms with E-state index in [1.165, 1.54) is 29.4 Å². The second kappa shape index (κ2) is 6.49. The van der Waals surface area contributed by atoms with Gasteiger partial charge in [0.05, 0.1) is 23.3 Å². The van der Waals surface area contributed by atoms with Crippen LogP contribution in [0.3, 0.4) is 0 Å². The molecule has 2 aromatic carbocycles. The maximum absolute atomic E-state index is 13.1. The number of non-ortho nitro benzene ring substituents is 1. The summed E-state index contributed by atoms with van der Waals surface area (Å²) in [4.78, 5) is 25.2. The second-order valence-electron chi connectivity index (χ2n) is 6.11. The lowest BCUT2D eigenvalue weighted by Crippen LogP contribution is -2.42. The number of hydrogen-bond acceptors (Lipinski definition) is 6. The fourth-order valence-corrected chi connectivity index (χ4v) is 3.15. The second-order valence-corrected chi connectivity index (χ2v) is 6.11. The van der Waals surface area contributed by atoms with Gasteiger partial charge in [0.2, 0.25) is 0 Å². The maximum atomic E-state index is 13.1. The number of aromatic hydroxyl groups is 1. The molecule has 0 aliphatic carbocycles. The Kier molecular flexibility index (Phi) is 4.00. The summed E-state index contributed by atoms with van der Waals surface area (Å²) in [6.45, 7) is 0.139. The normalized spacial score (nSPS) is 15.9. The van der Waals surface area contributed by atoms with Gasteiger partial charge in [0.1, 0.15) is 17.7 Å². The first-order valence-electron chi connectivity index (χ1n) is 8.21. The van der Waals surface area contributed by atoms with Gasteiger partial charge in [-0.25, -0.2) is 0 Å². The molecule has 2 N–H and O–H groups in total. The van der Waals surface area contributed by atoms with Crippen molar-refractivity contribution in [2.24, 2.45) is 0 Å². The van der Waals surface area contributed by atoms with Crippen molar-refractivity contribution in [3.63, 3.8) is 0 Å². The van der Waals surface area contributed by atoms with Gasteiger partial charge in [0, 0.05) is 23.4 Å². The van der Waals surface area contributed by atoms with Crippen molar-refractivity contribution in [2.45, 2.75) is 12.7 Å². The Balaban J connectivity index is 1.82. The molecule has 1 amide bonds. The molecular formula is C19H15N3O5. The van der Waals surface area contributed by atoms with Crippen LogP contribution in [0.5, 0.6) is 5.75 Å². The quantitative estimate of drug-likeness (QED) is 0.539. The molecule has 1 aliphatic heterocycles. The third-order valence-corrected chi connectivity index (χ3v) is 4.45. The van der Waals surface area contributed by atoms with Crippen LogP contribution >= 0.6 is 0 Å². The fraction of sp³-hybridized carbons (Fsp3) is 0.105. The van der Waals surface area contributed by atoms with Crippen LogP contribution in [0.4, 0.5) is 11.4 Å². The lowest BCUT2D eigenvalue weighted by atomic mass is 10.0. The number of hydrogen-bond donors (Lipinski definition) is 2. The topological polar surface area (TPSA) is 109 Å². The molecule has 1 aromatic heterocycles. The standard InChI is InChI=1S/C19H15N3O5/c23-17-8-7-12(22(25)26)10-15(17)18-20-16-6-2-1-5-14(16)19(24)21(18)11-13-4-3-9-27-13/h1-10,18,20,23H,11H2. The average Bonchev–Trinajstić information content (AvgIpc) is 3.17. The molecule has 27 heavy (non-hydrogen) atoms. The summed E-state index contributed by atoms with van der Waals surface area (Å²) in [6, 6.07) is 14.2. The summed E-state index contributed by atoms with van der Waals surface area (Å²) >= 11 is 0. The van der Waals surface area contributed by atoms with E-state index in [-0.39, 0.29) is 29.5 Å². The van der Waals surface area contributed by atoms with Gasteiger partial charge in [-0.3, -0.25) is 14.9 Å². The van der Waals surface area contributed by atoms with Crippen molar-refractivity contribution in [3.8, 4) is 5.75 Å². The molecule has 0 radical (unpaired) electrons. The Labute approximate surface area is 153 Å². The van der Waals surface area contributed by atoms with Crippen LogP contribution < -0.4 is 5.32 Å². The van der Waals surface area contributed by atoms with Crippen molar-refractivity contribution in [1.82, 2.24) is 4.90 Å². The zero-order chi connectivity index (χ0) is 19.0. The SMILES string of the molecule is O=C1c2ccccc2NC(c2cc([N+](=O)[O-])ccc2O)N1Cc1ccco1. The number of phenols is 1. The minimum Gasteiger partial charge on any atom is -0.508 e. The Hall–Kier alpha value is -3.81. The van der Waals surface area contributed by atoms with E-state index in [0.29, 0.717) is 17.0 Å². The number of nitro groups is 1. The Morgan fingerprint density at radius 1 is 1.19 bits per heavy atom. The van der Waals surface area contributed by atoms with E-state index in [1.807, 2.05) is 0 Å². The van der Waals surface area contributed by atoms with Gasteiger partial charge in [-0.05, 0) is 30.3 Å². The van der Waals surface area contributed by atoms with Crippen LogP contribution in [-0.2, 0) is 6.54 Å². The highest BCUT2D eigenvalue weighted by Gasteiger charge is 2.35. The molecule has 2 heterocycles. The van der Waals surface area contributed by atoms with Crippen LogP contribution in [0, 0.1) is 10.1 Å². The van der Waals surface area contributed by atoms with Gasteiger partial charge in [0.15, 0.2) is 0 Å². The van der Waals surface area contributed by atoms with E-state index in [9.17, 15) is 20.0 Å². The van der Waals surface area contributed by atoms with E-state index in [0.717, 1.165) is 0 Å². The third kappa shape index (κ3) is 2.97. The maximum Gasteiger partial charge on any atom is 0.270 e. The predicted octanol–water partition coefficient (Wildman–Crippen LogP) is 3.66. The van der Waals surface area contributed by atoms with E-state index >= 15 is 0 Å². The summed E-state index contributed by atoms with van der Waals surface area (Å²) in [5.74, 6) is 0.144. The van der Waals surface area contributed by atoms with Crippen LogP contribution in [-0.4, -0.2) is 20.8 Å². The molecule has 0 saturated carbocycles. The molecule has 8 heteroatoms. The molecule has 0 spiro atoms. The van der Waals surface area contributed by atoms with E-state index in [1.54, 1.807) is 36.4 Å². The third-order valence-electron chi connectivity index (χ3n) is 4.45. The molecule has 0 saturated heterocycles. The van der Waals surface area contributed by atoms with Gasteiger partial charge in [-0.2, -0.15) is 0 Å². The number of nitrogens with one attached hydrogen (secondary N) is 1. The highest BCUT2D eigenvalue weighted by Crippen LogP contribution is 2.38. The molecular weight excluding hydrogens is 350 g/mol. The Morgan fingerprint density at radius 2 is 2.00 bits per heavy atom. The zero-order valence-corrected chi connectivity index (χ0v) is 14.0. The van der Waals surface area contributed by atoms with Crippen molar-refractivity contribution in [2.75, 3.05) is 5.32 Å². The largest absolute Gasteiger partial charge is 0.508 e. The number of phenolic OH excluding ortho intramolecular Hbond substituents is 1. The molecule has 8 nitrogen and oxygen atoms in total. The van der Waals surface area contributed by atoms with Crippen LogP contribution in [0.2, 0.25) is 0 Å². The van der Waals surface area contributed by atoms with Crippen molar-refractivity contribution >= 4 is 17.3 Å². The first kappa shape index (κ1) is 16.6. The number of carbonyl (C=O) groups is 1. The number of para-hydroxylation sites is 1. The summed E-state index contributed by atoms with van der Waals surface area (Å²) in [5.41, 5.74) is 1.13. The summed E-state index contributed by atoms with van der Waals surface area (Å²) in [5, 5.41) is 24.7. The zero-order valence-electron chi connectivity index (χ0n) is 14.0. The first-order valence-corrected chi connectivity index (χ1v) is 8.21. The summed E-state index contributed by atoms with van der Waals surface area (Å²) in [6.07, 6.45) is 0.711. The predicted molar refractivity (Wildman–Crippen MR) is 96.1 cm³/mol. The van der Waals surface area contributed by atoms with Gasteiger partial charge < -0.3 is 19.7 Å². The molecule has 1 unspecified atom stereocenters. The Morgan fingerprint density at radius 3 is 2.74 bits per heavy atom.